The van der Waals surface area contributed by atoms with Gasteiger partial charge in [0.05, 0.1) is 22.8 Å². The van der Waals surface area contributed by atoms with Gasteiger partial charge in [0.1, 0.15) is 16.3 Å². The van der Waals surface area contributed by atoms with Crippen molar-refractivity contribution in [3.8, 4) is 5.75 Å². The molecule has 31 heavy (non-hydrogen) atoms. The van der Waals surface area contributed by atoms with Crippen LogP contribution in [0.4, 0.5) is 11.4 Å². The summed E-state index contributed by atoms with van der Waals surface area (Å²) in [5, 5.41) is 5.52. The minimum absolute atomic E-state index is 0.130. The zero-order chi connectivity index (χ0) is 22.6. The lowest BCUT2D eigenvalue weighted by atomic mass is 10.1. The first-order valence-electron chi connectivity index (χ1n) is 9.40. The molecule has 0 bridgehead atoms. The van der Waals surface area contributed by atoms with Crippen LogP contribution in [0.1, 0.15) is 29.3 Å². The van der Waals surface area contributed by atoms with E-state index < -0.39 is 15.9 Å². The lowest BCUT2D eigenvalue weighted by Gasteiger charge is -2.14. The van der Waals surface area contributed by atoms with Crippen LogP contribution in [0, 0.1) is 5.92 Å². The van der Waals surface area contributed by atoms with E-state index in [-0.39, 0.29) is 27.0 Å². The van der Waals surface area contributed by atoms with Gasteiger partial charge < -0.3 is 10.1 Å². The highest BCUT2D eigenvalue weighted by molar-refractivity contribution is 7.92. The normalized spacial score (nSPS) is 11.4. The van der Waals surface area contributed by atoms with Crippen LogP contribution in [-0.4, -0.2) is 26.4 Å². The number of benzene rings is 2. The van der Waals surface area contributed by atoms with Crippen LogP contribution in [0.2, 0.25) is 5.02 Å². The number of carbonyl (C=O) groups excluding carboxylic acids is 1. The molecule has 0 saturated carbocycles. The lowest BCUT2D eigenvalue weighted by Crippen LogP contribution is -2.16. The molecule has 3 aromatic rings. The van der Waals surface area contributed by atoms with Gasteiger partial charge in [-0.25, -0.2) is 13.4 Å². The van der Waals surface area contributed by atoms with E-state index in [1.165, 1.54) is 30.6 Å². The number of hydrogen-bond donors (Lipinski definition) is 2. The van der Waals surface area contributed by atoms with E-state index in [0.29, 0.717) is 11.6 Å². The number of para-hydroxylation sites is 1. The first kappa shape index (κ1) is 23.1. The van der Waals surface area contributed by atoms with E-state index >= 15 is 0 Å². The Labute approximate surface area is 190 Å². The van der Waals surface area contributed by atoms with E-state index in [4.69, 9.17) is 16.3 Å². The van der Waals surface area contributed by atoms with Crippen molar-refractivity contribution in [1.29, 1.82) is 0 Å². The van der Waals surface area contributed by atoms with Gasteiger partial charge >= 0.3 is 0 Å². The zero-order valence-electron chi connectivity index (χ0n) is 17.2. The number of sulfonamides is 1. The summed E-state index contributed by atoms with van der Waals surface area (Å²) in [7, 11) is -2.67. The molecule has 2 aromatic carbocycles. The maximum atomic E-state index is 13.0. The summed E-state index contributed by atoms with van der Waals surface area (Å²) in [6.07, 6.45) is 0.788. The Balaban J connectivity index is 1.85. The Hall–Kier alpha value is -2.62. The molecule has 0 spiro atoms. The number of ether oxygens (including phenoxy) is 1. The molecule has 0 saturated heterocycles. The maximum absolute atomic E-state index is 13.0. The van der Waals surface area contributed by atoms with E-state index in [2.05, 4.69) is 28.9 Å². The summed E-state index contributed by atoms with van der Waals surface area (Å²) in [6.45, 7) is 4.16. The average Bonchev–Trinajstić information content (AvgIpc) is 3.17. The smallest absolute Gasteiger partial charge is 0.275 e. The van der Waals surface area contributed by atoms with Crippen molar-refractivity contribution in [2.24, 2.45) is 5.92 Å². The largest absolute Gasteiger partial charge is 0.495 e. The van der Waals surface area contributed by atoms with Gasteiger partial charge in [0.15, 0.2) is 0 Å². The molecule has 0 radical (unpaired) electrons. The molecule has 0 atom stereocenters. The van der Waals surface area contributed by atoms with Gasteiger partial charge in [-0.05, 0) is 36.2 Å². The molecule has 1 amide bonds. The van der Waals surface area contributed by atoms with Gasteiger partial charge in [0, 0.05) is 17.5 Å². The third kappa shape index (κ3) is 5.75. The summed E-state index contributed by atoms with van der Waals surface area (Å²) in [5.41, 5.74) is 0.819. The fourth-order valence-corrected chi connectivity index (χ4v) is 5.26. The minimum Gasteiger partial charge on any atom is -0.495 e. The Kier molecular flexibility index (Phi) is 7.19. The molecule has 0 aliphatic carbocycles. The van der Waals surface area contributed by atoms with E-state index in [9.17, 15) is 13.2 Å². The number of nitrogens with one attached hydrogen (secondary N) is 2. The Morgan fingerprint density at radius 3 is 2.65 bits per heavy atom. The minimum atomic E-state index is -4.04. The van der Waals surface area contributed by atoms with Gasteiger partial charge in [-0.1, -0.05) is 37.6 Å². The molecule has 7 nitrogen and oxygen atoms in total. The molecule has 164 valence electrons. The van der Waals surface area contributed by atoms with E-state index in [1.807, 2.05) is 0 Å². The number of rotatable bonds is 8. The molecule has 0 fully saturated rings. The van der Waals surface area contributed by atoms with Crippen LogP contribution in [-0.2, 0) is 16.4 Å². The number of halogens is 1. The van der Waals surface area contributed by atoms with Crippen molar-refractivity contribution in [3.05, 3.63) is 63.6 Å². The molecular formula is C21H22ClN3O4S2. The molecule has 2 N–H and O–H groups in total. The standard InChI is InChI=1S/C21H22ClN3O4S2/c1-13(2)10-20-24-17(12-30-20)21(26)23-14-8-9-18(29-3)19(11-14)31(27,28)25-16-7-5-4-6-15(16)22/h4-9,11-13,25H,10H2,1-3H3,(H,23,26). The zero-order valence-corrected chi connectivity index (χ0v) is 19.6. The number of thiazole rings is 1. The number of anilines is 2. The second kappa shape index (κ2) is 9.67. The summed E-state index contributed by atoms with van der Waals surface area (Å²) >= 11 is 7.49. The Morgan fingerprint density at radius 2 is 1.97 bits per heavy atom. The third-order valence-electron chi connectivity index (χ3n) is 4.20. The monoisotopic (exact) mass is 479 g/mol. The van der Waals surface area contributed by atoms with Gasteiger partial charge in [-0.15, -0.1) is 11.3 Å². The molecule has 1 aromatic heterocycles. The highest BCUT2D eigenvalue weighted by Gasteiger charge is 2.22. The number of aromatic nitrogens is 1. The van der Waals surface area contributed by atoms with Gasteiger partial charge in [0.2, 0.25) is 0 Å². The van der Waals surface area contributed by atoms with Crippen molar-refractivity contribution in [1.82, 2.24) is 4.98 Å². The summed E-state index contributed by atoms with van der Waals surface area (Å²) in [4.78, 5) is 16.8. The van der Waals surface area contributed by atoms with Crippen molar-refractivity contribution in [3.63, 3.8) is 0 Å². The highest BCUT2D eigenvalue weighted by Crippen LogP contribution is 2.31. The van der Waals surface area contributed by atoms with Crippen molar-refractivity contribution >= 4 is 50.2 Å². The van der Waals surface area contributed by atoms with Crippen molar-refractivity contribution in [2.45, 2.75) is 25.2 Å². The number of methoxy groups -OCH3 is 1. The van der Waals surface area contributed by atoms with Gasteiger partial charge in [-0.2, -0.15) is 0 Å². The van der Waals surface area contributed by atoms with Crippen LogP contribution in [0.15, 0.2) is 52.7 Å². The summed E-state index contributed by atoms with van der Waals surface area (Å²) < 4.78 is 33.6. The SMILES string of the molecule is COc1ccc(NC(=O)c2csc(CC(C)C)n2)cc1S(=O)(=O)Nc1ccccc1Cl. The van der Waals surface area contributed by atoms with Crippen LogP contribution < -0.4 is 14.8 Å². The highest BCUT2D eigenvalue weighted by atomic mass is 35.5. The number of carbonyl (C=O) groups is 1. The predicted molar refractivity (Wildman–Crippen MR) is 124 cm³/mol. The molecule has 0 unspecified atom stereocenters. The first-order valence-corrected chi connectivity index (χ1v) is 12.1. The topological polar surface area (TPSA) is 97.4 Å². The molecule has 1 heterocycles. The quantitative estimate of drug-likeness (QED) is 0.470. The third-order valence-corrected chi connectivity index (χ3v) is 6.78. The van der Waals surface area contributed by atoms with Crippen molar-refractivity contribution in [2.75, 3.05) is 17.1 Å². The second-order valence-electron chi connectivity index (χ2n) is 7.13. The number of amides is 1. The Morgan fingerprint density at radius 1 is 1.23 bits per heavy atom. The summed E-state index contributed by atoms with van der Waals surface area (Å²) in [5.74, 6) is 0.145. The van der Waals surface area contributed by atoms with Crippen LogP contribution in [0.25, 0.3) is 0 Å². The fraction of sp³-hybridized carbons (Fsp3) is 0.238. The molecule has 0 aliphatic rings. The fourth-order valence-electron chi connectivity index (χ4n) is 2.76. The number of nitrogens with zero attached hydrogens (tertiary/aromatic N) is 1. The van der Waals surface area contributed by atoms with Gasteiger partial charge in [-0.3, -0.25) is 9.52 Å². The molecular weight excluding hydrogens is 458 g/mol. The van der Waals surface area contributed by atoms with Gasteiger partial charge in [0.25, 0.3) is 15.9 Å². The molecule has 10 heteroatoms. The maximum Gasteiger partial charge on any atom is 0.275 e. The second-order valence-corrected chi connectivity index (χ2v) is 10.1. The lowest BCUT2D eigenvalue weighted by molar-refractivity contribution is 0.102. The van der Waals surface area contributed by atoms with Crippen molar-refractivity contribution < 1.29 is 17.9 Å². The Bertz CT molecular complexity index is 1190. The van der Waals surface area contributed by atoms with E-state index in [0.717, 1.165) is 11.4 Å². The number of hydrogen-bond acceptors (Lipinski definition) is 6. The molecule has 3 rings (SSSR count). The van der Waals surface area contributed by atoms with E-state index in [1.54, 1.807) is 35.7 Å². The predicted octanol–water partition coefficient (Wildman–Crippen LogP) is 5.06. The van der Waals surface area contributed by atoms with Crippen LogP contribution in [0.3, 0.4) is 0 Å². The summed E-state index contributed by atoms with van der Waals surface area (Å²) in [6, 6.07) is 10.9. The van der Waals surface area contributed by atoms with Crippen LogP contribution >= 0.6 is 22.9 Å². The molecule has 0 aliphatic heterocycles. The van der Waals surface area contributed by atoms with Crippen LogP contribution in [0.5, 0.6) is 5.75 Å². The average molecular weight is 480 g/mol. The first-order chi connectivity index (χ1) is 14.7.